The van der Waals surface area contributed by atoms with Crippen molar-refractivity contribution in [1.29, 1.82) is 0 Å². The number of hydrogen-bond donors (Lipinski definition) is 1. The Morgan fingerprint density at radius 1 is 1.27 bits per heavy atom. The molecule has 22 heavy (non-hydrogen) atoms. The van der Waals surface area contributed by atoms with Gasteiger partial charge in [0.2, 0.25) is 0 Å². The van der Waals surface area contributed by atoms with E-state index in [0.717, 1.165) is 11.3 Å². The van der Waals surface area contributed by atoms with Crippen LogP contribution in [0, 0.1) is 0 Å². The van der Waals surface area contributed by atoms with Crippen LogP contribution in [-0.4, -0.2) is 39.3 Å². The van der Waals surface area contributed by atoms with Crippen LogP contribution in [0.1, 0.15) is 16.2 Å². The van der Waals surface area contributed by atoms with Gasteiger partial charge < -0.3 is 14.6 Å². The molecule has 0 bridgehead atoms. The van der Waals surface area contributed by atoms with Gasteiger partial charge in [-0.25, -0.2) is 4.98 Å². The van der Waals surface area contributed by atoms with Crippen molar-refractivity contribution in [3.05, 3.63) is 60.3 Å². The van der Waals surface area contributed by atoms with Gasteiger partial charge in [-0.3, -0.25) is 9.78 Å². The van der Waals surface area contributed by atoms with Crippen molar-refractivity contribution in [2.75, 3.05) is 19.4 Å². The maximum Gasteiger partial charge on any atom is 0.276 e. The van der Waals surface area contributed by atoms with E-state index in [-0.39, 0.29) is 5.91 Å². The van der Waals surface area contributed by atoms with E-state index in [1.807, 2.05) is 47.8 Å². The summed E-state index contributed by atoms with van der Waals surface area (Å²) in [6, 6.07) is 9.30. The van der Waals surface area contributed by atoms with Crippen molar-refractivity contribution < 1.29 is 4.79 Å². The smallest absolute Gasteiger partial charge is 0.276 e. The van der Waals surface area contributed by atoms with Crippen molar-refractivity contribution in [3.63, 3.8) is 0 Å². The first kappa shape index (κ1) is 14.2. The number of nitrogens with one attached hydrogen (secondary N) is 1. The van der Waals surface area contributed by atoms with Crippen LogP contribution in [-0.2, 0) is 6.54 Å². The predicted molar refractivity (Wildman–Crippen MR) is 84.8 cm³/mol. The fraction of sp³-hybridized carbons (Fsp3) is 0.188. The monoisotopic (exact) mass is 295 g/mol. The lowest BCUT2D eigenvalue weighted by molar-refractivity contribution is 0.102. The van der Waals surface area contributed by atoms with Gasteiger partial charge in [-0.2, -0.15) is 0 Å². The zero-order chi connectivity index (χ0) is 15.5. The van der Waals surface area contributed by atoms with E-state index in [1.54, 1.807) is 24.5 Å². The minimum atomic E-state index is -0.228. The molecule has 3 aromatic heterocycles. The number of hydrogen-bond acceptors (Lipinski definition) is 4. The number of nitrogens with zero attached hydrogens (tertiary/aromatic N) is 4. The van der Waals surface area contributed by atoms with Gasteiger partial charge in [0, 0.05) is 18.9 Å². The molecule has 0 spiro atoms. The van der Waals surface area contributed by atoms with E-state index >= 15 is 0 Å². The molecule has 6 heteroatoms. The summed E-state index contributed by atoms with van der Waals surface area (Å²) in [5.74, 6) is -0.228. The lowest BCUT2D eigenvalue weighted by atomic mass is 10.2. The molecular weight excluding hydrogens is 278 g/mol. The molecule has 3 aromatic rings. The molecule has 0 unspecified atom stereocenters. The molecule has 0 radical (unpaired) electrons. The normalized spacial score (nSPS) is 11.0. The first-order chi connectivity index (χ1) is 10.6. The maximum absolute atomic E-state index is 12.6. The van der Waals surface area contributed by atoms with Crippen molar-refractivity contribution in [1.82, 2.24) is 19.3 Å². The molecule has 3 heterocycles. The number of rotatable bonds is 4. The van der Waals surface area contributed by atoms with Gasteiger partial charge in [-0.15, -0.1) is 0 Å². The summed E-state index contributed by atoms with van der Waals surface area (Å²) >= 11 is 0. The number of aromatic nitrogens is 3. The summed E-state index contributed by atoms with van der Waals surface area (Å²) in [6.07, 6.45) is 5.19. The minimum Gasteiger partial charge on any atom is -0.319 e. The number of pyridine rings is 2. The highest BCUT2D eigenvalue weighted by Crippen LogP contribution is 2.16. The zero-order valence-corrected chi connectivity index (χ0v) is 12.5. The fourth-order valence-electron chi connectivity index (χ4n) is 2.31. The molecule has 0 aliphatic rings. The van der Waals surface area contributed by atoms with Gasteiger partial charge >= 0.3 is 0 Å². The molecule has 0 fully saturated rings. The van der Waals surface area contributed by atoms with Crippen molar-refractivity contribution in [3.8, 4) is 0 Å². The topological polar surface area (TPSA) is 62.5 Å². The Kier molecular flexibility index (Phi) is 3.84. The molecule has 3 rings (SSSR count). The van der Waals surface area contributed by atoms with Crippen molar-refractivity contribution in [2.45, 2.75) is 6.54 Å². The Morgan fingerprint density at radius 3 is 2.86 bits per heavy atom. The van der Waals surface area contributed by atoms with Crippen molar-refractivity contribution >= 4 is 17.2 Å². The number of carbonyl (C=O) groups is 1. The molecule has 0 aliphatic heterocycles. The van der Waals surface area contributed by atoms with E-state index in [4.69, 9.17) is 0 Å². The largest absolute Gasteiger partial charge is 0.319 e. The van der Waals surface area contributed by atoms with Crippen LogP contribution >= 0.6 is 0 Å². The average molecular weight is 295 g/mol. The van der Waals surface area contributed by atoms with E-state index in [9.17, 15) is 4.79 Å². The molecule has 6 nitrogen and oxygen atoms in total. The third-order valence-electron chi connectivity index (χ3n) is 3.23. The Labute approximate surface area is 128 Å². The van der Waals surface area contributed by atoms with Crippen LogP contribution in [0.5, 0.6) is 0 Å². The van der Waals surface area contributed by atoms with E-state index in [2.05, 4.69) is 15.3 Å². The van der Waals surface area contributed by atoms with Crippen LogP contribution in [0.15, 0.2) is 48.9 Å². The van der Waals surface area contributed by atoms with Crippen LogP contribution < -0.4 is 5.32 Å². The molecule has 112 valence electrons. The van der Waals surface area contributed by atoms with Crippen LogP contribution in [0.2, 0.25) is 0 Å². The number of amides is 1. The number of imidazole rings is 1. The second-order valence-electron chi connectivity index (χ2n) is 5.27. The average Bonchev–Trinajstić information content (AvgIpc) is 2.87. The summed E-state index contributed by atoms with van der Waals surface area (Å²) in [7, 11) is 3.93. The molecule has 0 aliphatic carbocycles. The Hall–Kier alpha value is -2.73. The van der Waals surface area contributed by atoms with Gasteiger partial charge in [0.05, 0.1) is 17.6 Å². The van der Waals surface area contributed by atoms with Crippen LogP contribution in [0.4, 0.5) is 5.69 Å². The number of anilines is 1. The lowest BCUT2D eigenvalue weighted by Crippen LogP contribution is -2.19. The first-order valence-corrected chi connectivity index (χ1v) is 6.97. The van der Waals surface area contributed by atoms with Gasteiger partial charge in [0.1, 0.15) is 5.65 Å². The molecule has 0 atom stereocenters. The highest BCUT2D eigenvalue weighted by atomic mass is 16.1. The van der Waals surface area contributed by atoms with Gasteiger partial charge in [-0.1, -0.05) is 6.07 Å². The third-order valence-corrected chi connectivity index (χ3v) is 3.23. The second-order valence-corrected chi connectivity index (χ2v) is 5.27. The molecule has 0 saturated heterocycles. The Morgan fingerprint density at radius 2 is 2.14 bits per heavy atom. The Balaban J connectivity index is 2.00. The summed E-state index contributed by atoms with van der Waals surface area (Å²) < 4.78 is 1.94. The Bertz CT molecular complexity index is 795. The second kappa shape index (κ2) is 5.95. The SMILES string of the molecule is CN(C)Cc1c(C(=O)Nc2cccnc2)nc2ccccn12. The quantitative estimate of drug-likeness (QED) is 0.800. The highest BCUT2D eigenvalue weighted by molar-refractivity contribution is 6.04. The fourth-order valence-corrected chi connectivity index (χ4v) is 2.31. The molecule has 1 amide bonds. The number of carbonyl (C=O) groups excluding carboxylic acids is 1. The molecule has 1 N–H and O–H groups in total. The maximum atomic E-state index is 12.6. The predicted octanol–water partition coefficient (Wildman–Crippen LogP) is 2.04. The van der Waals surface area contributed by atoms with E-state index in [1.165, 1.54) is 0 Å². The zero-order valence-electron chi connectivity index (χ0n) is 12.5. The van der Waals surface area contributed by atoms with Crippen molar-refractivity contribution in [2.24, 2.45) is 0 Å². The third kappa shape index (κ3) is 2.82. The molecule has 0 aromatic carbocycles. The number of fused-ring (bicyclic) bond motifs is 1. The summed E-state index contributed by atoms with van der Waals surface area (Å²) in [5, 5.41) is 2.84. The summed E-state index contributed by atoms with van der Waals surface area (Å²) in [5.41, 5.74) is 2.71. The molecule has 0 saturated carbocycles. The highest BCUT2D eigenvalue weighted by Gasteiger charge is 2.19. The van der Waals surface area contributed by atoms with Crippen LogP contribution in [0.3, 0.4) is 0 Å². The van der Waals surface area contributed by atoms with E-state index in [0.29, 0.717) is 17.9 Å². The van der Waals surface area contributed by atoms with Crippen LogP contribution in [0.25, 0.3) is 5.65 Å². The standard InChI is InChI=1S/C16H17N5O/c1-20(2)11-13-15(19-14-7-3-4-9-21(13)14)16(22)18-12-6-5-8-17-10-12/h3-10H,11H2,1-2H3,(H,18,22). The minimum absolute atomic E-state index is 0.228. The lowest BCUT2D eigenvalue weighted by Gasteiger charge is -2.11. The van der Waals surface area contributed by atoms with Gasteiger partial charge in [0.25, 0.3) is 5.91 Å². The van der Waals surface area contributed by atoms with E-state index < -0.39 is 0 Å². The first-order valence-electron chi connectivity index (χ1n) is 6.97. The van der Waals surface area contributed by atoms with Gasteiger partial charge in [-0.05, 0) is 38.4 Å². The summed E-state index contributed by atoms with van der Waals surface area (Å²) in [6.45, 7) is 0.626. The van der Waals surface area contributed by atoms with Gasteiger partial charge in [0.15, 0.2) is 5.69 Å². The molecular formula is C16H17N5O. The summed E-state index contributed by atoms with van der Waals surface area (Å²) in [4.78, 5) is 23.0.